The fourth-order valence-corrected chi connectivity index (χ4v) is 3.76. The molecule has 4 N–H and O–H groups in total. The number of imide groups is 1. The predicted octanol–water partition coefficient (Wildman–Crippen LogP) is 3.38. The maximum atomic E-state index is 12.0. The van der Waals surface area contributed by atoms with E-state index in [0.29, 0.717) is 29.0 Å². The number of hydrogen-bond acceptors (Lipinski definition) is 7. The molecule has 9 nitrogen and oxygen atoms in total. The summed E-state index contributed by atoms with van der Waals surface area (Å²) in [4.78, 5) is 23.9. The molecule has 3 aromatic rings. The molecule has 0 unspecified atom stereocenters. The molecule has 3 amide bonds. The van der Waals surface area contributed by atoms with Crippen LogP contribution < -0.4 is 21.2 Å². The van der Waals surface area contributed by atoms with Gasteiger partial charge in [0.15, 0.2) is 5.82 Å². The predicted molar refractivity (Wildman–Crippen MR) is 132 cm³/mol. The average molecular weight is 483 g/mol. The van der Waals surface area contributed by atoms with Crippen molar-refractivity contribution >= 4 is 23.7 Å². The standard InChI is InChI=1S/C24H30N6O3S/c1-24(2,3)18-9-11-19(12-10-18)33-16-20-28-29-23(30(20)25)34-14-13-21(31)27-22(32)26-15-17-7-5-4-6-8-17/h4-12H,13-16,25H2,1-3H3,(H2,26,27,31,32). The minimum atomic E-state index is -0.532. The van der Waals surface area contributed by atoms with E-state index < -0.39 is 6.03 Å². The molecule has 0 bridgehead atoms. The first-order valence-electron chi connectivity index (χ1n) is 10.9. The van der Waals surface area contributed by atoms with Gasteiger partial charge in [-0.25, -0.2) is 9.47 Å². The van der Waals surface area contributed by atoms with Crippen LogP contribution in [0.3, 0.4) is 0 Å². The van der Waals surface area contributed by atoms with E-state index in [4.69, 9.17) is 10.6 Å². The molecule has 0 spiro atoms. The number of nitrogen functional groups attached to an aromatic ring is 1. The smallest absolute Gasteiger partial charge is 0.321 e. The molecule has 0 atom stereocenters. The van der Waals surface area contributed by atoms with Gasteiger partial charge >= 0.3 is 6.03 Å². The minimum Gasteiger partial charge on any atom is -0.486 e. The molecule has 0 saturated carbocycles. The number of amides is 3. The van der Waals surface area contributed by atoms with E-state index in [2.05, 4.69) is 41.6 Å². The maximum absolute atomic E-state index is 12.0. The summed E-state index contributed by atoms with van der Waals surface area (Å²) in [6, 6.07) is 16.8. The fourth-order valence-electron chi connectivity index (χ4n) is 2.95. The lowest BCUT2D eigenvalue weighted by atomic mass is 9.87. The van der Waals surface area contributed by atoms with E-state index in [1.807, 2.05) is 54.6 Å². The van der Waals surface area contributed by atoms with Crippen LogP contribution in [0.2, 0.25) is 0 Å². The van der Waals surface area contributed by atoms with Gasteiger partial charge in [0.05, 0.1) is 0 Å². The third-order valence-corrected chi connectivity index (χ3v) is 5.88. The van der Waals surface area contributed by atoms with Crippen LogP contribution in [0, 0.1) is 0 Å². The van der Waals surface area contributed by atoms with Crippen LogP contribution in [0.4, 0.5) is 4.79 Å². The third-order valence-electron chi connectivity index (χ3n) is 4.93. The normalized spacial score (nSPS) is 11.1. The molecule has 0 radical (unpaired) electrons. The van der Waals surface area contributed by atoms with Gasteiger partial charge in [0.25, 0.3) is 0 Å². The van der Waals surface area contributed by atoms with E-state index in [0.717, 1.165) is 5.56 Å². The Balaban J connectivity index is 1.39. The van der Waals surface area contributed by atoms with Crippen molar-refractivity contribution < 1.29 is 14.3 Å². The first kappa shape index (κ1) is 25.1. The lowest BCUT2D eigenvalue weighted by Gasteiger charge is -2.19. The largest absolute Gasteiger partial charge is 0.486 e. The van der Waals surface area contributed by atoms with Crippen molar-refractivity contribution in [3.05, 3.63) is 71.5 Å². The van der Waals surface area contributed by atoms with Crippen LogP contribution in [0.1, 0.15) is 44.1 Å². The van der Waals surface area contributed by atoms with E-state index in [1.54, 1.807) is 0 Å². The molecule has 0 aliphatic carbocycles. The Hall–Kier alpha value is -3.53. The van der Waals surface area contributed by atoms with Gasteiger partial charge in [-0.1, -0.05) is 75.0 Å². The van der Waals surface area contributed by atoms with Gasteiger partial charge in [0.1, 0.15) is 12.4 Å². The molecular formula is C24H30N6O3S. The van der Waals surface area contributed by atoms with Crippen LogP contribution in [-0.4, -0.2) is 32.6 Å². The Labute approximate surface area is 203 Å². The van der Waals surface area contributed by atoms with Gasteiger partial charge < -0.3 is 15.9 Å². The summed E-state index contributed by atoms with van der Waals surface area (Å²) in [6.45, 7) is 6.98. The Morgan fingerprint density at radius 2 is 1.76 bits per heavy atom. The van der Waals surface area contributed by atoms with Crippen molar-refractivity contribution in [3.63, 3.8) is 0 Å². The molecule has 1 aromatic heterocycles. The van der Waals surface area contributed by atoms with E-state index >= 15 is 0 Å². The van der Waals surface area contributed by atoms with Crippen molar-refractivity contribution in [2.24, 2.45) is 0 Å². The van der Waals surface area contributed by atoms with Crippen LogP contribution >= 0.6 is 11.8 Å². The van der Waals surface area contributed by atoms with Gasteiger partial charge in [-0.3, -0.25) is 10.1 Å². The summed E-state index contributed by atoms with van der Waals surface area (Å²) in [6.07, 6.45) is 0.127. The Bertz CT molecular complexity index is 1090. The molecule has 0 aliphatic rings. The topological polar surface area (TPSA) is 124 Å². The minimum absolute atomic E-state index is 0.0744. The number of rotatable bonds is 9. The van der Waals surface area contributed by atoms with Gasteiger partial charge in [-0.05, 0) is 28.7 Å². The van der Waals surface area contributed by atoms with Crippen LogP contribution in [-0.2, 0) is 23.4 Å². The maximum Gasteiger partial charge on any atom is 0.321 e. The van der Waals surface area contributed by atoms with Crippen molar-refractivity contribution in [1.82, 2.24) is 25.5 Å². The van der Waals surface area contributed by atoms with Crippen molar-refractivity contribution in [1.29, 1.82) is 0 Å². The van der Waals surface area contributed by atoms with E-state index in [9.17, 15) is 9.59 Å². The lowest BCUT2D eigenvalue weighted by molar-refractivity contribution is -0.119. The second-order valence-corrected chi connectivity index (χ2v) is 9.71. The van der Waals surface area contributed by atoms with Gasteiger partial charge in [0.2, 0.25) is 11.1 Å². The molecule has 34 heavy (non-hydrogen) atoms. The van der Waals surface area contributed by atoms with Gasteiger partial charge in [-0.2, -0.15) is 0 Å². The molecule has 0 aliphatic heterocycles. The van der Waals surface area contributed by atoms with Crippen molar-refractivity contribution in [3.8, 4) is 5.75 Å². The zero-order chi connectivity index (χ0) is 24.6. The summed E-state index contributed by atoms with van der Waals surface area (Å²) in [7, 11) is 0. The quantitative estimate of drug-likeness (QED) is 0.315. The van der Waals surface area contributed by atoms with Gasteiger partial charge in [-0.15, -0.1) is 10.2 Å². The average Bonchev–Trinajstić information content (AvgIpc) is 3.16. The molecule has 180 valence electrons. The Kier molecular flexibility index (Phi) is 8.53. The summed E-state index contributed by atoms with van der Waals surface area (Å²) < 4.78 is 7.12. The number of thioether (sulfide) groups is 1. The molecule has 0 saturated heterocycles. The number of nitrogens with zero attached hydrogens (tertiary/aromatic N) is 3. The Morgan fingerprint density at radius 1 is 1.06 bits per heavy atom. The van der Waals surface area contributed by atoms with E-state index in [1.165, 1.54) is 22.0 Å². The first-order valence-corrected chi connectivity index (χ1v) is 11.9. The molecule has 10 heteroatoms. The zero-order valence-corrected chi connectivity index (χ0v) is 20.4. The molecule has 3 rings (SSSR count). The number of urea groups is 1. The fraction of sp³-hybridized carbons (Fsp3) is 0.333. The number of aromatic nitrogens is 3. The number of carbonyl (C=O) groups excluding carboxylic acids is 2. The highest BCUT2D eigenvalue weighted by Gasteiger charge is 2.15. The number of nitrogens with two attached hydrogens (primary N) is 1. The van der Waals surface area contributed by atoms with Crippen molar-refractivity contribution in [2.45, 2.75) is 50.9 Å². The highest BCUT2D eigenvalue weighted by Crippen LogP contribution is 2.24. The molecule has 2 aromatic carbocycles. The number of ether oxygens (including phenoxy) is 1. The lowest BCUT2D eigenvalue weighted by Crippen LogP contribution is -2.39. The molecule has 0 fully saturated rings. The number of nitrogens with one attached hydrogen (secondary N) is 2. The van der Waals surface area contributed by atoms with Crippen LogP contribution in [0.15, 0.2) is 59.8 Å². The van der Waals surface area contributed by atoms with Crippen molar-refractivity contribution in [2.75, 3.05) is 11.6 Å². The van der Waals surface area contributed by atoms with Crippen LogP contribution in [0.25, 0.3) is 0 Å². The number of hydrogen-bond donors (Lipinski definition) is 3. The summed E-state index contributed by atoms with van der Waals surface area (Å²) in [5.41, 5.74) is 2.24. The molecule has 1 heterocycles. The summed E-state index contributed by atoms with van der Waals surface area (Å²) in [5, 5.41) is 13.5. The van der Waals surface area contributed by atoms with Gasteiger partial charge in [0, 0.05) is 18.7 Å². The highest BCUT2D eigenvalue weighted by atomic mass is 32.2. The van der Waals surface area contributed by atoms with E-state index in [-0.39, 0.29) is 24.3 Å². The highest BCUT2D eigenvalue weighted by molar-refractivity contribution is 7.99. The second-order valence-electron chi connectivity index (χ2n) is 8.65. The summed E-state index contributed by atoms with van der Waals surface area (Å²) in [5.74, 6) is 7.25. The molecular weight excluding hydrogens is 452 g/mol. The number of carbonyl (C=O) groups is 2. The number of benzene rings is 2. The zero-order valence-electron chi connectivity index (χ0n) is 19.6. The monoisotopic (exact) mass is 482 g/mol. The Morgan fingerprint density at radius 3 is 2.44 bits per heavy atom. The van der Waals surface area contributed by atoms with Crippen LogP contribution in [0.5, 0.6) is 5.75 Å². The summed E-state index contributed by atoms with van der Waals surface area (Å²) >= 11 is 1.28. The SMILES string of the molecule is CC(C)(C)c1ccc(OCc2nnc(SCCC(=O)NC(=O)NCc3ccccc3)n2N)cc1. The first-order chi connectivity index (χ1) is 16.2. The third kappa shape index (κ3) is 7.51. The second kappa shape index (κ2) is 11.6.